The number of rotatable bonds is 3. The van der Waals surface area contributed by atoms with Crippen LogP contribution in [0.2, 0.25) is 5.02 Å². The Labute approximate surface area is 122 Å². The van der Waals surface area contributed by atoms with Gasteiger partial charge in [0, 0.05) is 24.5 Å². The third kappa shape index (κ3) is 2.09. The second-order valence-corrected chi connectivity index (χ2v) is 5.88. The summed E-state index contributed by atoms with van der Waals surface area (Å²) in [5, 5.41) is 14.1. The fourth-order valence-corrected chi connectivity index (χ4v) is 3.06. The van der Waals surface area contributed by atoms with Gasteiger partial charge < -0.3 is 15.0 Å². The first-order valence-electron chi connectivity index (χ1n) is 6.75. The van der Waals surface area contributed by atoms with Crippen LogP contribution in [-0.2, 0) is 7.05 Å². The molecular weight excluding hydrogens is 276 g/mol. The number of hydrogen-bond acceptors (Lipinski definition) is 2. The van der Waals surface area contributed by atoms with Crippen LogP contribution in [0.15, 0.2) is 24.3 Å². The summed E-state index contributed by atoms with van der Waals surface area (Å²) in [7, 11) is 1.82. The zero-order valence-corrected chi connectivity index (χ0v) is 12.1. The number of aryl methyl sites for hydroxylation is 1. The topological polar surface area (TPSA) is 54.3 Å². The molecule has 1 aliphatic carbocycles. The van der Waals surface area contributed by atoms with Crippen LogP contribution >= 0.6 is 11.6 Å². The molecule has 1 heterocycles. The van der Waals surface area contributed by atoms with Crippen LogP contribution in [0, 0.1) is 0 Å². The average molecular weight is 293 g/mol. The Morgan fingerprint density at radius 3 is 2.75 bits per heavy atom. The van der Waals surface area contributed by atoms with E-state index in [0.717, 1.165) is 30.2 Å². The summed E-state index contributed by atoms with van der Waals surface area (Å²) in [6.07, 6.45) is 2.51. The van der Waals surface area contributed by atoms with Gasteiger partial charge >= 0.3 is 0 Å². The van der Waals surface area contributed by atoms with Crippen molar-refractivity contribution in [2.75, 3.05) is 6.54 Å². The average Bonchev–Trinajstić information content (AvgIpc) is 2.67. The summed E-state index contributed by atoms with van der Waals surface area (Å²) in [5.74, 6) is -0.242. The van der Waals surface area contributed by atoms with E-state index >= 15 is 0 Å². The lowest BCUT2D eigenvalue weighted by atomic mass is 9.80. The van der Waals surface area contributed by atoms with Crippen LogP contribution in [-0.4, -0.2) is 27.7 Å². The Morgan fingerprint density at radius 1 is 1.45 bits per heavy atom. The van der Waals surface area contributed by atoms with E-state index in [1.54, 1.807) is 4.57 Å². The van der Waals surface area contributed by atoms with Gasteiger partial charge in [0.15, 0.2) is 0 Å². The van der Waals surface area contributed by atoms with Gasteiger partial charge in [-0.25, -0.2) is 0 Å². The van der Waals surface area contributed by atoms with Gasteiger partial charge in [0.25, 0.3) is 5.91 Å². The van der Waals surface area contributed by atoms with Gasteiger partial charge in [-0.2, -0.15) is 0 Å². The number of hydrogen-bond donors (Lipinski definition) is 2. The van der Waals surface area contributed by atoms with E-state index in [-0.39, 0.29) is 12.5 Å². The molecule has 4 nitrogen and oxygen atoms in total. The lowest BCUT2D eigenvalue weighted by Crippen LogP contribution is -2.48. The molecule has 106 valence electrons. The second kappa shape index (κ2) is 4.79. The third-order valence-electron chi connectivity index (χ3n) is 4.12. The van der Waals surface area contributed by atoms with E-state index in [9.17, 15) is 9.90 Å². The Hall–Kier alpha value is -1.52. The van der Waals surface area contributed by atoms with Crippen LogP contribution in [0.3, 0.4) is 0 Å². The number of carbonyl (C=O) groups is 1. The summed E-state index contributed by atoms with van der Waals surface area (Å²) in [6.45, 7) is 0.281. The molecule has 1 fully saturated rings. The van der Waals surface area contributed by atoms with Crippen LogP contribution in [0.1, 0.15) is 29.8 Å². The van der Waals surface area contributed by atoms with Crippen LogP contribution < -0.4 is 5.32 Å². The summed E-state index contributed by atoms with van der Waals surface area (Å²) in [4.78, 5) is 12.3. The fourth-order valence-electron chi connectivity index (χ4n) is 2.69. The van der Waals surface area contributed by atoms with Crippen LogP contribution in [0.25, 0.3) is 10.9 Å². The highest BCUT2D eigenvalue weighted by molar-refractivity contribution is 6.38. The zero-order valence-electron chi connectivity index (χ0n) is 11.3. The number of para-hydroxylation sites is 1. The Kier molecular flexibility index (Phi) is 3.22. The van der Waals surface area contributed by atoms with Crippen molar-refractivity contribution in [1.29, 1.82) is 0 Å². The molecule has 0 unspecified atom stereocenters. The number of halogens is 1. The molecule has 0 radical (unpaired) electrons. The first-order valence-corrected chi connectivity index (χ1v) is 7.13. The molecule has 0 bridgehead atoms. The summed E-state index contributed by atoms with van der Waals surface area (Å²) < 4.78 is 1.79. The number of carbonyl (C=O) groups excluding carboxylic acids is 1. The highest BCUT2D eigenvalue weighted by atomic mass is 35.5. The largest absolute Gasteiger partial charge is 0.388 e. The minimum Gasteiger partial charge on any atom is -0.388 e. The van der Waals surface area contributed by atoms with Gasteiger partial charge in [-0.3, -0.25) is 4.79 Å². The number of nitrogens with one attached hydrogen (secondary N) is 1. The first kappa shape index (κ1) is 13.5. The minimum absolute atomic E-state index is 0.242. The molecule has 5 heteroatoms. The maximum absolute atomic E-state index is 12.3. The fraction of sp³-hybridized carbons (Fsp3) is 0.400. The van der Waals surface area contributed by atoms with Crippen molar-refractivity contribution in [3.05, 3.63) is 35.0 Å². The van der Waals surface area contributed by atoms with Crippen molar-refractivity contribution < 1.29 is 9.90 Å². The van der Waals surface area contributed by atoms with E-state index in [1.807, 2.05) is 31.3 Å². The summed E-state index contributed by atoms with van der Waals surface area (Å²) in [5.41, 5.74) is 0.632. The zero-order chi connectivity index (χ0) is 14.3. The van der Waals surface area contributed by atoms with Gasteiger partial charge in [-0.15, -0.1) is 0 Å². The van der Waals surface area contributed by atoms with E-state index < -0.39 is 5.60 Å². The van der Waals surface area contributed by atoms with Crippen molar-refractivity contribution in [2.45, 2.75) is 24.9 Å². The lowest BCUT2D eigenvalue weighted by molar-refractivity contribution is -0.0301. The first-order chi connectivity index (χ1) is 9.52. The predicted molar refractivity (Wildman–Crippen MR) is 79.1 cm³/mol. The van der Waals surface area contributed by atoms with E-state index in [2.05, 4.69) is 5.32 Å². The molecule has 1 aromatic carbocycles. The van der Waals surface area contributed by atoms with E-state index in [1.165, 1.54) is 0 Å². The molecule has 0 aliphatic heterocycles. The lowest BCUT2D eigenvalue weighted by Gasteiger charge is -2.36. The summed E-state index contributed by atoms with van der Waals surface area (Å²) >= 11 is 6.31. The van der Waals surface area contributed by atoms with Gasteiger partial charge in [-0.1, -0.05) is 29.8 Å². The standard InChI is InChI=1S/C15H17ClN2O2/c1-18-11-6-3-2-5-10(11)12(16)13(18)14(19)17-9-15(20)7-4-8-15/h2-3,5-6,20H,4,7-9H2,1H3,(H,17,19). The molecule has 3 rings (SSSR count). The van der Waals surface area contributed by atoms with E-state index in [0.29, 0.717) is 10.7 Å². The molecule has 0 saturated heterocycles. The number of fused-ring (bicyclic) bond motifs is 1. The number of aromatic nitrogens is 1. The third-order valence-corrected chi connectivity index (χ3v) is 4.51. The highest BCUT2D eigenvalue weighted by Crippen LogP contribution is 2.32. The quantitative estimate of drug-likeness (QED) is 0.913. The SMILES string of the molecule is Cn1c(C(=O)NCC2(O)CCC2)c(Cl)c2ccccc21. The number of aliphatic hydroxyl groups is 1. The highest BCUT2D eigenvalue weighted by Gasteiger charge is 2.35. The smallest absolute Gasteiger partial charge is 0.269 e. The molecule has 2 N–H and O–H groups in total. The van der Waals surface area contributed by atoms with Gasteiger partial charge in [0.2, 0.25) is 0 Å². The van der Waals surface area contributed by atoms with Gasteiger partial charge in [-0.05, 0) is 25.3 Å². The van der Waals surface area contributed by atoms with Crippen molar-refractivity contribution in [3.8, 4) is 0 Å². The maximum Gasteiger partial charge on any atom is 0.269 e. The monoisotopic (exact) mass is 292 g/mol. The number of benzene rings is 1. The van der Waals surface area contributed by atoms with Crippen LogP contribution in [0.4, 0.5) is 0 Å². The number of nitrogens with zero attached hydrogens (tertiary/aromatic N) is 1. The molecule has 1 saturated carbocycles. The normalized spacial score (nSPS) is 16.9. The minimum atomic E-state index is -0.729. The maximum atomic E-state index is 12.3. The number of amides is 1. The van der Waals surface area contributed by atoms with Gasteiger partial charge in [0.05, 0.1) is 10.6 Å². The molecule has 0 spiro atoms. The van der Waals surface area contributed by atoms with E-state index in [4.69, 9.17) is 11.6 Å². The second-order valence-electron chi connectivity index (χ2n) is 5.50. The Morgan fingerprint density at radius 2 is 2.15 bits per heavy atom. The predicted octanol–water partition coefficient (Wildman–Crippen LogP) is 2.48. The molecular formula is C15H17ClN2O2. The van der Waals surface area contributed by atoms with Crippen molar-refractivity contribution in [1.82, 2.24) is 9.88 Å². The van der Waals surface area contributed by atoms with Crippen molar-refractivity contribution in [3.63, 3.8) is 0 Å². The Balaban J connectivity index is 1.87. The molecule has 1 aromatic heterocycles. The Bertz CT molecular complexity index is 635. The molecule has 1 aliphatic rings. The molecule has 20 heavy (non-hydrogen) atoms. The molecule has 2 aromatic rings. The van der Waals surface area contributed by atoms with Crippen molar-refractivity contribution >= 4 is 28.4 Å². The van der Waals surface area contributed by atoms with Crippen LogP contribution in [0.5, 0.6) is 0 Å². The van der Waals surface area contributed by atoms with Crippen molar-refractivity contribution in [2.24, 2.45) is 7.05 Å². The molecule has 0 atom stereocenters. The van der Waals surface area contributed by atoms with Gasteiger partial charge in [0.1, 0.15) is 5.69 Å². The molecule has 1 amide bonds. The summed E-state index contributed by atoms with van der Waals surface area (Å²) in [6, 6.07) is 7.63.